The van der Waals surface area contributed by atoms with Crippen molar-refractivity contribution in [2.24, 2.45) is 0 Å². The fourth-order valence-corrected chi connectivity index (χ4v) is 2.72. The van der Waals surface area contributed by atoms with Crippen LogP contribution in [0.5, 0.6) is 0 Å². The van der Waals surface area contributed by atoms with Gasteiger partial charge in [0.15, 0.2) is 0 Å². The summed E-state index contributed by atoms with van der Waals surface area (Å²) in [5, 5.41) is 9.82. The zero-order chi connectivity index (χ0) is 9.97. The Morgan fingerprint density at radius 1 is 1.43 bits per heavy atom. The quantitative estimate of drug-likeness (QED) is 0.833. The minimum Gasteiger partial charge on any atom is -0.465 e. The Morgan fingerprint density at radius 3 is 2.71 bits per heavy atom. The van der Waals surface area contributed by atoms with E-state index < -0.39 is 0 Å². The molecule has 0 aliphatic heterocycles. The van der Waals surface area contributed by atoms with Crippen LogP contribution in [0.1, 0.15) is 31.3 Å². The first-order valence-electron chi connectivity index (χ1n) is 5.17. The Balaban J connectivity index is 1.79. The van der Waals surface area contributed by atoms with E-state index in [0.717, 1.165) is 36.5 Å². The van der Waals surface area contributed by atoms with Crippen molar-refractivity contribution in [2.45, 2.75) is 43.3 Å². The molecule has 78 valence electrons. The van der Waals surface area contributed by atoms with Crippen molar-refractivity contribution in [3.8, 4) is 0 Å². The molecule has 14 heavy (non-hydrogen) atoms. The third-order valence-corrected chi connectivity index (χ3v) is 4.11. The second kappa shape index (κ2) is 4.41. The van der Waals surface area contributed by atoms with Gasteiger partial charge in [0, 0.05) is 11.7 Å². The third kappa shape index (κ3) is 2.15. The highest BCUT2D eigenvalue weighted by atomic mass is 32.2. The molecule has 3 heteroatoms. The van der Waals surface area contributed by atoms with Gasteiger partial charge in [0.25, 0.3) is 0 Å². The first-order chi connectivity index (χ1) is 6.79. The molecule has 0 spiro atoms. The van der Waals surface area contributed by atoms with Gasteiger partial charge in [0.2, 0.25) is 0 Å². The van der Waals surface area contributed by atoms with Gasteiger partial charge in [-0.2, -0.15) is 0 Å². The van der Waals surface area contributed by atoms with E-state index >= 15 is 0 Å². The third-order valence-electron chi connectivity index (χ3n) is 2.68. The Bertz CT molecular complexity index is 295. The van der Waals surface area contributed by atoms with Crippen LogP contribution in [-0.2, 0) is 12.2 Å². The van der Waals surface area contributed by atoms with Gasteiger partial charge in [-0.15, -0.1) is 11.8 Å². The molecule has 0 radical (unpaired) electrons. The summed E-state index contributed by atoms with van der Waals surface area (Å²) in [6.45, 7) is 2.09. The summed E-state index contributed by atoms with van der Waals surface area (Å²) >= 11 is 1.80. The fourth-order valence-electron chi connectivity index (χ4n) is 1.53. The summed E-state index contributed by atoms with van der Waals surface area (Å²) in [4.78, 5) is 0. The van der Waals surface area contributed by atoms with E-state index in [1.165, 1.54) is 0 Å². The van der Waals surface area contributed by atoms with Crippen LogP contribution in [0.4, 0.5) is 0 Å². The van der Waals surface area contributed by atoms with Crippen molar-refractivity contribution >= 4 is 11.8 Å². The lowest BCUT2D eigenvalue weighted by Gasteiger charge is -2.31. The summed E-state index contributed by atoms with van der Waals surface area (Å²) in [6.07, 6.45) is 2.99. The summed E-state index contributed by atoms with van der Waals surface area (Å²) in [5.74, 6) is 2.97. The Kier molecular flexibility index (Phi) is 3.19. The first-order valence-corrected chi connectivity index (χ1v) is 6.21. The van der Waals surface area contributed by atoms with E-state index in [2.05, 4.69) is 6.92 Å². The number of hydrogen-bond donors (Lipinski definition) is 1. The number of thioether (sulfide) groups is 1. The van der Waals surface area contributed by atoms with Crippen molar-refractivity contribution in [3.63, 3.8) is 0 Å². The highest BCUT2D eigenvalue weighted by Crippen LogP contribution is 2.33. The minimum absolute atomic E-state index is 0.0828. The van der Waals surface area contributed by atoms with Crippen LogP contribution in [0.15, 0.2) is 16.5 Å². The highest BCUT2D eigenvalue weighted by Gasteiger charge is 2.29. The number of aliphatic hydroxyl groups is 1. The van der Waals surface area contributed by atoms with Crippen LogP contribution in [0.2, 0.25) is 0 Å². The Hall–Kier alpha value is -0.410. The number of hydrogen-bond acceptors (Lipinski definition) is 3. The molecule has 1 N–H and O–H groups in total. The van der Waals surface area contributed by atoms with Gasteiger partial charge in [-0.25, -0.2) is 0 Å². The maximum Gasteiger partial charge on any atom is 0.114 e. The summed E-state index contributed by atoms with van der Waals surface area (Å²) in [6, 6.07) is 4.07. The minimum atomic E-state index is -0.0828. The lowest BCUT2D eigenvalue weighted by atomic mass is 9.96. The van der Waals surface area contributed by atoms with E-state index in [0.29, 0.717) is 5.25 Å². The highest BCUT2D eigenvalue weighted by molar-refractivity contribution is 7.99. The lowest BCUT2D eigenvalue weighted by molar-refractivity contribution is 0.103. The van der Waals surface area contributed by atoms with E-state index in [4.69, 9.17) is 4.42 Å². The van der Waals surface area contributed by atoms with Gasteiger partial charge in [-0.05, 0) is 25.0 Å². The normalized spacial score (nSPS) is 26.1. The van der Waals surface area contributed by atoms with Gasteiger partial charge in [0.1, 0.15) is 11.5 Å². The van der Waals surface area contributed by atoms with Crippen LogP contribution < -0.4 is 0 Å². The van der Waals surface area contributed by atoms with Gasteiger partial charge >= 0.3 is 0 Å². The number of aliphatic hydroxyl groups excluding tert-OH is 1. The molecule has 1 aliphatic rings. The molecule has 2 atom stereocenters. The number of rotatable bonds is 4. The molecule has 0 amide bonds. The van der Waals surface area contributed by atoms with Gasteiger partial charge in [-0.3, -0.25) is 0 Å². The van der Waals surface area contributed by atoms with Gasteiger partial charge in [-0.1, -0.05) is 6.92 Å². The molecule has 1 aliphatic carbocycles. The van der Waals surface area contributed by atoms with Crippen LogP contribution in [0.25, 0.3) is 0 Å². The molecule has 2 rings (SSSR count). The van der Waals surface area contributed by atoms with Crippen LogP contribution in [-0.4, -0.2) is 16.5 Å². The summed E-state index contributed by atoms with van der Waals surface area (Å²) < 4.78 is 5.58. The average molecular weight is 212 g/mol. The monoisotopic (exact) mass is 212 g/mol. The van der Waals surface area contributed by atoms with Gasteiger partial charge < -0.3 is 9.52 Å². The molecule has 1 saturated carbocycles. The van der Waals surface area contributed by atoms with Crippen LogP contribution in [0.3, 0.4) is 0 Å². The van der Waals surface area contributed by atoms with E-state index in [1.54, 1.807) is 11.8 Å². The molecular weight excluding hydrogens is 196 g/mol. The summed E-state index contributed by atoms with van der Waals surface area (Å²) in [7, 11) is 0. The standard InChI is InChI=1S/C11H16O2S/c1-2-8-3-4-9(13-8)7-14-11-6-5-10(11)12/h3-4,10-12H,2,5-7H2,1H3. The summed E-state index contributed by atoms with van der Waals surface area (Å²) in [5.41, 5.74) is 0. The molecular formula is C11H16O2S. The second-order valence-electron chi connectivity index (χ2n) is 3.72. The average Bonchev–Trinajstić information content (AvgIpc) is 2.64. The Labute approximate surface area is 88.7 Å². The molecule has 0 saturated heterocycles. The largest absolute Gasteiger partial charge is 0.465 e. The topological polar surface area (TPSA) is 33.4 Å². The first kappa shape index (κ1) is 10.1. The van der Waals surface area contributed by atoms with E-state index in [1.807, 2.05) is 12.1 Å². The molecule has 2 unspecified atom stereocenters. The predicted molar refractivity (Wildman–Crippen MR) is 58.4 cm³/mol. The van der Waals surface area contributed by atoms with Crippen molar-refractivity contribution in [3.05, 3.63) is 23.7 Å². The molecule has 2 nitrogen and oxygen atoms in total. The predicted octanol–water partition coefficient (Wildman–Crippen LogP) is 2.60. The second-order valence-corrected chi connectivity index (χ2v) is 4.94. The zero-order valence-corrected chi connectivity index (χ0v) is 9.22. The number of aryl methyl sites for hydroxylation is 1. The Morgan fingerprint density at radius 2 is 2.21 bits per heavy atom. The zero-order valence-electron chi connectivity index (χ0n) is 8.40. The molecule has 1 aromatic rings. The smallest absolute Gasteiger partial charge is 0.114 e. The van der Waals surface area contributed by atoms with Gasteiger partial charge in [0.05, 0.1) is 11.9 Å². The van der Waals surface area contributed by atoms with Crippen molar-refractivity contribution in [2.75, 3.05) is 0 Å². The van der Waals surface area contributed by atoms with Crippen LogP contribution in [0, 0.1) is 0 Å². The van der Waals surface area contributed by atoms with Crippen molar-refractivity contribution < 1.29 is 9.52 Å². The molecule has 1 aromatic heterocycles. The lowest BCUT2D eigenvalue weighted by Crippen LogP contribution is -2.33. The SMILES string of the molecule is CCc1ccc(CSC2CCC2O)o1. The van der Waals surface area contributed by atoms with Crippen molar-refractivity contribution in [1.29, 1.82) is 0 Å². The number of furan rings is 1. The fraction of sp³-hybridized carbons (Fsp3) is 0.636. The maximum atomic E-state index is 9.39. The van der Waals surface area contributed by atoms with Crippen molar-refractivity contribution in [1.82, 2.24) is 0 Å². The van der Waals surface area contributed by atoms with E-state index in [9.17, 15) is 5.11 Å². The molecule has 1 heterocycles. The van der Waals surface area contributed by atoms with Crippen LogP contribution >= 0.6 is 11.8 Å². The van der Waals surface area contributed by atoms with E-state index in [-0.39, 0.29) is 6.10 Å². The molecule has 0 bridgehead atoms. The molecule has 1 fully saturated rings. The maximum absolute atomic E-state index is 9.39. The molecule has 0 aromatic carbocycles.